The maximum atomic E-state index is 5.92. The van der Waals surface area contributed by atoms with Crippen LogP contribution in [0.15, 0.2) is 23.1 Å². The van der Waals surface area contributed by atoms with Crippen LogP contribution in [0.1, 0.15) is 18.4 Å². The van der Waals surface area contributed by atoms with Crippen LogP contribution in [0.5, 0.6) is 0 Å². The molecule has 15 heavy (non-hydrogen) atoms. The van der Waals surface area contributed by atoms with E-state index in [1.807, 2.05) is 17.8 Å². The Kier molecular flexibility index (Phi) is 5.58. The summed E-state index contributed by atoms with van der Waals surface area (Å²) in [6.07, 6.45) is 2.29. The van der Waals surface area contributed by atoms with Gasteiger partial charge < -0.3 is 10.5 Å². The van der Waals surface area contributed by atoms with Gasteiger partial charge >= 0.3 is 0 Å². The average Bonchev–Trinajstić information content (AvgIpc) is 2.20. The summed E-state index contributed by atoms with van der Waals surface area (Å²) in [6, 6.07) is 6.23. The van der Waals surface area contributed by atoms with E-state index in [2.05, 4.69) is 19.1 Å². The van der Waals surface area contributed by atoms with Gasteiger partial charge in [-0.1, -0.05) is 6.07 Å². The molecule has 0 saturated heterocycles. The van der Waals surface area contributed by atoms with Crippen LogP contribution < -0.4 is 5.73 Å². The Morgan fingerprint density at radius 3 is 2.80 bits per heavy atom. The van der Waals surface area contributed by atoms with Crippen molar-refractivity contribution in [2.45, 2.75) is 24.7 Å². The second-order valence-electron chi connectivity index (χ2n) is 3.59. The van der Waals surface area contributed by atoms with Crippen LogP contribution in [0.4, 0.5) is 5.69 Å². The largest absolute Gasteiger partial charge is 0.398 e. The molecule has 0 aromatic heterocycles. The minimum atomic E-state index is 0.851. The van der Waals surface area contributed by atoms with Gasteiger partial charge in [-0.05, 0) is 43.2 Å². The van der Waals surface area contributed by atoms with Crippen LogP contribution in [0.25, 0.3) is 0 Å². The van der Waals surface area contributed by atoms with E-state index < -0.39 is 0 Å². The molecule has 3 heteroatoms. The third-order valence-corrected chi connectivity index (χ3v) is 3.34. The molecule has 1 rings (SSSR count). The second kappa shape index (κ2) is 6.75. The van der Waals surface area contributed by atoms with Crippen LogP contribution in [-0.2, 0) is 4.74 Å². The molecule has 84 valence electrons. The van der Waals surface area contributed by atoms with Crippen LogP contribution in [0.3, 0.4) is 0 Å². The number of aryl methyl sites for hydroxylation is 1. The molecule has 0 saturated carbocycles. The summed E-state index contributed by atoms with van der Waals surface area (Å²) in [5.41, 5.74) is 8.03. The molecule has 0 fully saturated rings. The molecule has 0 bridgehead atoms. The molecule has 1 aromatic rings. The molecule has 0 spiro atoms. The lowest BCUT2D eigenvalue weighted by atomic mass is 10.2. The molecule has 0 heterocycles. The quantitative estimate of drug-likeness (QED) is 0.459. The molecule has 2 N–H and O–H groups in total. The molecule has 1 aromatic carbocycles. The molecule has 2 nitrogen and oxygen atoms in total. The van der Waals surface area contributed by atoms with E-state index in [9.17, 15) is 0 Å². The van der Waals surface area contributed by atoms with Crippen molar-refractivity contribution in [1.29, 1.82) is 0 Å². The lowest BCUT2D eigenvalue weighted by Crippen LogP contribution is -1.92. The van der Waals surface area contributed by atoms with Crippen LogP contribution in [-0.4, -0.2) is 19.5 Å². The van der Waals surface area contributed by atoms with Crippen LogP contribution in [0.2, 0.25) is 0 Å². The van der Waals surface area contributed by atoms with Gasteiger partial charge in [0, 0.05) is 24.3 Å². The van der Waals surface area contributed by atoms with E-state index in [-0.39, 0.29) is 0 Å². The van der Waals surface area contributed by atoms with Gasteiger partial charge in [-0.2, -0.15) is 0 Å². The third kappa shape index (κ3) is 4.58. The standard InChI is InChI=1S/C12H19NOS/c1-10-5-6-12(11(13)9-10)15-8-4-3-7-14-2/h5-6,9H,3-4,7-8,13H2,1-2H3. The SMILES string of the molecule is COCCCCSc1ccc(C)cc1N. The summed E-state index contributed by atoms with van der Waals surface area (Å²) < 4.78 is 5.00. The number of nitrogens with two attached hydrogens (primary N) is 1. The number of hydrogen-bond acceptors (Lipinski definition) is 3. The first-order valence-electron chi connectivity index (χ1n) is 5.22. The summed E-state index contributed by atoms with van der Waals surface area (Å²) in [7, 11) is 1.74. The highest BCUT2D eigenvalue weighted by molar-refractivity contribution is 7.99. The van der Waals surface area contributed by atoms with Crippen molar-refractivity contribution >= 4 is 17.4 Å². The molecule has 0 aliphatic carbocycles. The first-order chi connectivity index (χ1) is 7.24. The monoisotopic (exact) mass is 225 g/mol. The second-order valence-corrected chi connectivity index (χ2v) is 4.73. The van der Waals surface area contributed by atoms with E-state index in [0.29, 0.717) is 0 Å². The Balaban J connectivity index is 2.31. The third-order valence-electron chi connectivity index (χ3n) is 2.17. The number of rotatable bonds is 6. The average molecular weight is 225 g/mol. The Morgan fingerprint density at radius 2 is 2.13 bits per heavy atom. The van der Waals surface area contributed by atoms with Crippen molar-refractivity contribution in [1.82, 2.24) is 0 Å². The van der Waals surface area contributed by atoms with Gasteiger partial charge in [0.2, 0.25) is 0 Å². The molecular formula is C12H19NOS. The molecule has 0 aliphatic heterocycles. The molecule has 0 unspecified atom stereocenters. The van der Waals surface area contributed by atoms with Gasteiger partial charge in [-0.25, -0.2) is 0 Å². The number of anilines is 1. The minimum absolute atomic E-state index is 0.851. The Labute approximate surface area is 96.2 Å². The van der Waals surface area contributed by atoms with Crippen molar-refractivity contribution in [2.24, 2.45) is 0 Å². The van der Waals surface area contributed by atoms with Crippen molar-refractivity contribution in [3.05, 3.63) is 23.8 Å². The fourth-order valence-electron chi connectivity index (χ4n) is 1.33. The zero-order valence-electron chi connectivity index (χ0n) is 9.45. The molecule has 0 amide bonds. The lowest BCUT2D eigenvalue weighted by molar-refractivity contribution is 0.194. The number of unbranched alkanes of at least 4 members (excludes halogenated alkanes) is 1. The highest BCUT2D eigenvalue weighted by Crippen LogP contribution is 2.26. The van der Waals surface area contributed by atoms with E-state index in [1.54, 1.807) is 7.11 Å². The number of thioether (sulfide) groups is 1. The van der Waals surface area contributed by atoms with Gasteiger partial charge in [-0.3, -0.25) is 0 Å². The normalized spacial score (nSPS) is 10.5. The summed E-state index contributed by atoms with van der Waals surface area (Å²) in [5, 5.41) is 0. The predicted octanol–water partition coefficient (Wildman–Crippen LogP) is 3.10. The van der Waals surface area contributed by atoms with Crippen molar-refractivity contribution in [2.75, 3.05) is 25.2 Å². The Morgan fingerprint density at radius 1 is 1.33 bits per heavy atom. The first-order valence-corrected chi connectivity index (χ1v) is 6.20. The zero-order chi connectivity index (χ0) is 11.1. The smallest absolute Gasteiger partial charge is 0.0462 e. The highest BCUT2D eigenvalue weighted by atomic mass is 32.2. The summed E-state index contributed by atoms with van der Waals surface area (Å²) in [4.78, 5) is 1.19. The topological polar surface area (TPSA) is 35.2 Å². The molecule has 0 aliphatic rings. The van der Waals surface area contributed by atoms with Gasteiger partial charge in [0.1, 0.15) is 0 Å². The van der Waals surface area contributed by atoms with Gasteiger partial charge in [0.25, 0.3) is 0 Å². The molecule has 0 atom stereocenters. The van der Waals surface area contributed by atoms with Gasteiger partial charge in [0.15, 0.2) is 0 Å². The molecule has 0 radical (unpaired) electrons. The highest BCUT2D eigenvalue weighted by Gasteiger charge is 1.99. The number of methoxy groups -OCH3 is 1. The predicted molar refractivity (Wildman–Crippen MR) is 67.4 cm³/mol. The van der Waals surface area contributed by atoms with Crippen LogP contribution >= 0.6 is 11.8 Å². The maximum Gasteiger partial charge on any atom is 0.0462 e. The van der Waals surface area contributed by atoms with Gasteiger partial charge in [-0.15, -0.1) is 11.8 Å². The van der Waals surface area contributed by atoms with Gasteiger partial charge in [0.05, 0.1) is 0 Å². The number of nitrogen functional groups attached to an aromatic ring is 1. The fraction of sp³-hybridized carbons (Fsp3) is 0.500. The van der Waals surface area contributed by atoms with Crippen molar-refractivity contribution in [3.8, 4) is 0 Å². The summed E-state index contributed by atoms with van der Waals surface area (Å²) >= 11 is 1.83. The maximum absolute atomic E-state index is 5.92. The number of hydrogen-bond donors (Lipinski definition) is 1. The number of ether oxygens (including phenoxy) is 1. The van der Waals surface area contributed by atoms with E-state index >= 15 is 0 Å². The zero-order valence-corrected chi connectivity index (χ0v) is 10.3. The summed E-state index contributed by atoms with van der Waals surface area (Å²) in [6.45, 7) is 2.91. The van der Waals surface area contributed by atoms with Crippen LogP contribution in [0, 0.1) is 6.92 Å². The fourth-order valence-corrected chi connectivity index (χ4v) is 2.29. The van der Waals surface area contributed by atoms with E-state index in [4.69, 9.17) is 10.5 Å². The number of benzene rings is 1. The van der Waals surface area contributed by atoms with Crippen molar-refractivity contribution < 1.29 is 4.74 Å². The summed E-state index contributed by atoms with van der Waals surface area (Å²) in [5.74, 6) is 1.11. The lowest BCUT2D eigenvalue weighted by Gasteiger charge is -2.06. The first kappa shape index (κ1) is 12.4. The molecular weight excluding hydrogens is 206 g/mol. The Bertz CT molecular complexity index is 302. The van der Waals surface area contributed by atoms with E-state index in [1.165, 1.54) is 16.9 Å². The minimum Gasteiger partial charge on any atom is -0.398 e. The van der Waals surface area contributed by atoms with E-state index in [0.717, 1.165) is 24.5 Å². The van der Waals surface area contributed by atoms with Crippen molar-refractivity contribution in [3.63, 3.8) is 0 Å². The Hall–Kier alpha value is -0.670.